The monoisotopic (exact) mass is 265 g/mol. The third-order valence-electron chi connectivity index (χ3n) is 2.03. The normalized spacial score (nSPS) is 11.0. The summed E-state index contributed by atoms with van der Waals surface area (Å²) in [5.41, 5.74) is 1.12. The van der Waals surface area contributed by atoms with Crippen molar-refractivity contribution in [2.24, 2.45) is 0 Å². The lowest BCUT2D eigenvalue weighted by molar-refractivity contribution is 0.145. The topological polar surface area (TPSA) is 33.1 Å². The first kappa shape index (κ1) is 11.5. The van der Waals surface area contributed by atoms with Crippen molar-refractivity contribution >= 4 is 15.9 Å². The quantitative estimate of drug-likeness (QED) is 0.853. The van der Waals surface area contributed by atoms with Crippen molar-refractivity contribution in [3.05, 3.63) is 28.6 Å². The third kappa shape index (κ3) is 2.09. The number of nitrogens with zero attached hydrogens (tertiary/aromatic N) is 1. The summed E-state index contributed by atoms with van der Waals surface area (Å²) in [4.78, 5) is 3.78. The summed E-state index contributed by atoms with van der Waals surface area (Å²) < 4.78 is 25.3. The van der Waals surface area contributed by atoms with Gasteiger partial charge < -0.3 is 5.11 Å². The number of aryl methyl sites for hydroxylation is 1. The lowest BCUT2D eigenvalue weighted by atomic mass is 10.0. The molecule has 2 nitrogen and oxygen atoms in total. The van der Waals surface area contributed by atoms with Crippen molar-refractivity contribution < 1.29 is 13.9 Å². The van der Waals surface area contributed by atoms with E-state index >= 15 is 0 Å². The molecule has 0 fully saturated rings. The second kappa shape index (κ2) is 4.79. The zero-order chi connectivity index (χ0) is 10.7. The molecule has 14 heavy (non-hydrogen) atoms. The van der Waals surface area contributed by atoms with Gasteiger partial charge in [-0.15, -0.1) is 0 Å². The van der Waals surface area contributed by atoms with Crippen molar-refractivity contribution in [2.45, 2.75) is 25.3 Å². The average Bonchev–Trinajstić information content (AvgIpc) is 2.17. The van der Waals surface area contributed by atoms with E-state index < -0.39 is 13.0 Å². The smallest absolute Gasteiger partial charge is 0.265 e. The second-order valence-corrected chi connectivity index (χ2v) is 3.43. The summed E-state index contributed by atoms with van der Waals surface area (Å²) in [6.07, 6.45) is -1.11. The van der Waals surface area contributed by atoms with Gasteiger partial charge in [0.2, 0.25) is 0 Å². The van der Waals surface area contributed by atoms with Crippen molar-refractivity contribution in [1.29, 1.82) is 0 Å². The maximum absolute atomic E-state index is 12.7. The van der Waals surface area contributed by atoms with E-state index in [2.05, 4.69) is 20.9 Å². The molecule has 0 aromatic carbocycles. The van der Waals surface area contributed by atoms with Crippen LogP contribution in [0.5, 0.6) is 0 Å². The molecule has 1 aromatic heterocycles. The van der Waals surface area contributed by atoms with Gasteiger partial charge >= 0.3 is 0 Å². The van der Waals surface area contributed by atoms with Crippen LogP contribution >= 0.6 is 15.9 Å². The molecule has 0 bridgehead atoms. The predicted octanol–water partition coefficient (Wildman–Crippen LogP) is 2.71. The van der Waals surface area contributed by atoms with Crippen LogP contribution in [-0.4, -0.2) is 10.1 Å². The third-order valence-corrected chi connectivity index (χ3v) is 2.59. The molecule has 5 heteroatoms. The van der Waals surface area contributed by atoms with Gasteiger partial charge in [0.05, 0.1) is 12.3 Å². The van der Waals surface area contributed by atoms with Gasteiger partial charge in [-0.3, -0.25) is 4.98 Å². The lowest BCUT2D eigenvalue weighted by Gasteiger charge is -2.12. The number of aliphatic hydroxyl groups is 1. The Morgan fingerprint density at radius 1 is 1.57 bits per heavy atom. The Morgan fingerprint density at radius 2 is 2.21 bits per heavy atom. The molecule has 1 N–H and O–H groups in total. The molecule has 0 unspecified atom stereocenters. The molecular formula is C9H10BrF2NO. The molecule has 0 saturated heterocycles. The summed E-state index contributed by atoms with van der Waals surface area (Å²) in [5, 5.41) is 9.21. The van der Waals surface area contributed by atoms with Gasteiger partial charge in [-0.05, 0) is 18.1 Å². The summed E-state index contributed by atoms with van der Waals surface area (Å²) >= 11 is 3.15. The van der Waals surface area contributed by atoms with Crippen LogP contribution in [0.25, 0.3) is 0 Å². The molecule has 0 amide bonds. The highest BCUT2D eigenvalue weighted by molar-refractivity contribution is 9.08. The summed E-state index contributed by atoms with van der Waals surface area (Å²) in [7, 11) is 0. The summed E-state index contributed by atoms with van der Waals surface area (Å²) in [6, 6.07) is 0. The van der Waals surface area contributed by atoms with E-state index in [0.29, 0.717) is 16.5 Å². The average molecular weight is 266 g/mol. The Hall–Kier alpha value is -0.550. The number of hydrogen-bond donors (Lipinski definition) is 1. The molecule has 1 aromatic rings. The molecule has 0 aliphatic rings. The molecule has 0 saturated carbocycles. The van der Waals surface area contributed by atoms with Crippen LogP contribution in [0.3, 0.4) is 0 Å². The van der Waals surface area contributed by atoms with E-state index in [1.165, 1.54) is 6.20 Å². The van der Waals surface area contributed by atoms with Gasteiger partial charge in [0.15, 0.2) is 0 Å². The fourth-order valence-corrected chi connectivity index (χ4v) is 2.01. The van der Waals surface area contributed by atoms with Crippen LogP contribution in [0.1, 0.15) is 28.8 Å². The van der Waals surface area contributed by atoms with Gasteiger partial charge in [-0.25, -0.2) is 8.78 Å². The number of pyridine rings is 1. The highest BCUT2D eigenvalue weighted by Crippen LogP contribution is 2.29. The largest absolute Gasteiger partial charge is 0.390 e. The van der Waals surface area contributed by atoms with E-state index in [1.807, 2.05) is 0 Å². The van der Waals surface area contributed by atoms with E-state index in [-0.39, 0.29) is 11.3 Å². The number of aliphatic hydroxyl groups excluding tert-OH is 1. The van der Waals surface area contributed by atoms with Crippen LogP contribution in [0, 0.1) is 6.92 Å². The lowest BCUT2D eigenvalue weighted by Crippen LogP contribution is -2.04. The molecule has 0 aliphatic heterocycles. The number of alkyl halides is 3. The molecule has 0 atom stereocenters. The molecule has 1 rings (SSSR count). The van der Waals surface area contributed by atoms with Crippen molar-refractivity contribution in [1.82, 2.24) is 4.98 Å². The van der Waals surface area contributed by atoms with E-state index in [4.69, 9.17) is 5.11 Å². The van der Waals surface area contributed by atoms with Gasteiger partial charge in [-0.2, -0.15) is 0 Å². The molecule has 0 spiro atoms. The Bertz CT molecular complexity index is 331. The van der Waals surface area contributed by atoms with Crippen LogP contribution in [0.2, 0.25) is 0 Å². The Kier molecular flexibility index (Phi) is 3.95. The van der Waals surface area contributed by atoms with Crippen molar-refractivity contribution in [2.75, 3.05) is 0 Å². The van der Waals surface area contributed by atoms with Crippen LogP contribution in [-0.2, 0) is 11.9 Å². The van der Waals surface area contributed by atoms with Crippen molar-refractivity contribution in [3.8, 4) is 0 Å². The molecule has 78 valence electrons. The first-order chi connectivity index (χ1) is 6.61. The number of halogens is 3. The molecule has 0 radical (unpaired) electrons. The van der Waals surface area contributed by atoms with Crippen LogP contribution in [0.15, 0.2) is 6.20 Å². The van der Waals surface area contributed by atoms with Gasteiger partial charge in [0, 0.05) is 17.1 Å². The first-order valence-electron chi connectivity index (χ1n) is 4.04. The van der Waals surface area contributed by atoms with Gasteiger partial charge in [0.1, 0.15) is 0 Å². The van der Waals surface area contributed by atoms with E-state index in [1.54, 1.807) is 6.92 Å². The number of aromatic nitrogens is 1. The minimum Gasteiger partial charge on any atom is -0.390 e. The van der Waals surface area contributed by atoms with Gasteiger partial charge in [-0.1, -0.05) is 15.9 Å². The SMILES string of the molecule is Cc1cnc(CO)c(C(F)F)c1CBr. The second-order valence-electron chi connectivity index (χ2n) is 2.87. The fraction of sp³-hybridized carbons (Fsp3) is 0.444. The minimum absolute atomic E-state index is 0.0556. The Labute approximate surface area is 89.1 Å². The zero-order valence-electron chi connectivity index (χ0n) is 7.60. The Balaban J connectivity index is 3.36. The number of rotatable bonds is 3. The van der Waals surface area contributed by atoms with E-state index in [0.717, 1.165) is 0 Å². The minimum atomic E-state index is -2.60. The standard InChI is InChI=1S/C9H10BrF2NO/c1-5-3-13-7(4-14)8(9(11)12)6(5)2-10/h3,9,14H,2,4H2,1H3. The highest BCUT2D eigenvalue weighted by atomic mass is 79.9. The summed E-state index contributed by atoms with van der Waals surface area (Å²) in [6.45, 7) is 1.26. The fourth-order valence-electron chi connectivity index (χ4n) is 1.27. The van der Waals surface area contributed by atoms with Gasteiger partial charge in [0.25, 0.3) is 6.43 Å². The molecular weight excluding hydrogens is 256 g/mol. The van der Waals surface area contributed by atoms with Crippen molar-refractivity contribution in [3.63, 3.8) is 0 Å². The highest BCUT2D eigenvalue weighted by Gasteiger charge is 2.19. The zero-order valence-corrected chi connectivity index (χ0v) is 9.18. The maximum Gasteiger partial charge on any atom is 0.265 e. The van der Waals surface area contributed by atoms with E-state index in [9.17, 15) is 8.78 Å². The maximum atomic E-state index is 12.7. The Morgan fingerprint density at radius 3 is 2.64 bits per heavy atom. The summed E-state index contributed by atoms with van der Waals surface area (Å²) in [5.74, 6) is 0. The predicted molar refractivity (Wildman–Crippen MR) is 52.5 cm³/mol. The first-order valence-corrected chi connectivity index (χ1v) is 5.16. The molecule has 0 aliphatic carbocycles. The van der Waals surface area contributed by atoms with Crippen LogP contribution < -0.4 is 0 Å². The molecule has 1 heterocycles. The van der Waals surface area contributed by atoms with Crippen LogP contribution in [0.4, 0.5) is 8.78 Å². The number of hydrogen-bond acceptors (Lipinski definition) is 2.